The molecule has 1 fully saturated rings. The molecule has 8 heteroatoms. The summed E-state index contributed by atoms with van der Waals surface area (Å²) in [4.78, 5) is 23.9. The van der Waals surface area contributed by atoms with Gasteiger partial charge in [-0.25, -0.2) is 9.97 Å². The highest BCUT2D eigenvalue weighted by molar-refractivity contribution is 5.79. The van der Waals surface area contributed by atoms with Crippen molar-refractivity contribution in [3.63, 3.8) is 0 Å². The van der Waals surface area contributed by atoms with E-state index in [1.807, 2.05) is 49.4 Å². The van der Waals surface area contributed by atoms with Crippen LogP contribution in [0.25, 0.3) is 0 Å². The standard InChI is InChI=1S/C25H26N4O4/c1-17-4-7-20(8-5-17)33-25-23(26-10-11-27-25)29-12-2-3-19(15-29)24(30)28-14-18-6-9-21-22(13-18)32-16-31-21/h4-11,13,19H,2-3,12,14-16H2,1H3,(H,28,30)/t19-/m1/s1. The van der Waals surface area contributed by atoms with E-state index in [-0.39, 0.29) is 18.6 Å². The molecule has 0 radical (unpaired) electrons. The van der Waals surface area contributed by atoms with Crippen LogP contribution >= 0.6 is 0 Å². The number of piperidine rings is 1. The molecular weight excluding hydrogens is 420 g/mol. The van der Waals surface area contributed by atoms with Crippen LogP contribution in [-0.4, -0.2) is 35.8 Å². The molecule has 0 aliphatic carbocycles. The molecule has 8 nitrogen and oxygen atoms in total. The fourth-order valence-electron chi connectivity index (χ4n) is 4.09. The van der Waals surface area contributed by atoms with E-state index < -0.39 is 0 Å². The zero-order valence-electron chi connectivity index (χ0n) is 18.5. The normalized spacial score (nSPS) is 17.0. The Labute approximate surface area is 192 Å². The molecule has 0 saturated carbocycles. The van der Waals surface area contributed by atoms with Gasteiger partial charge in [0, 0.05) is 32.0 Å². The number of aromatic nitrogens is 2. The summed E-state index contributed by atoms with van der Waals surface area (Å²) in [7, 11) is 0. The van der Waals surface area contributed by atoms with E-state index in [1.165, 1.54) is 0 Å². The fraction of sp³-hybridized carbons (Fsp3) is 0.320. The van der Waals surface area contributed by atoms with Gasteiger partial charge in [-0.3, -0.25) is 4.79 Å². The minimum Gasteiger partial charge on any atom is -0.454 e. The van der Waals surface area contributed by atoms with Crippen LogP contribution in [0, 0.1) is 12.8 Å². The van der Waals surface area contributed by atoms with Crippen LogP contribution in [-0.2, 0) is 11.3 Å². The van der Waals surface area contributed by atoms with Crippen molar-refractivity contribution in [3.05, 3.63) is 66.0 Å². The number of aryl methyl sites for hydroxylation is 1. The number of amides is 1. The van der Waals surface area contributed by atoms with Crippen LogP contribution in [0.1, 0.15) is 24.0 Å². The summed E-state index contributed by atoms with van der Waals surface area (Å²) in [6.07, 6.45) is 4.99. The Balaban J connectivity index is 1.23. The van der Waals surface area contributed by atoms with Gasteiger partial charge >= 0.3 is 0 Å². The third-order valence-electron chi connectivity index (χ3n) is 5.88. The van der Waals surface area contributed by atoms with Gasteiger partial charge in [0.25, 0.3) is 5.88 Å². The van der Waals surface area contributed by atoms with Crippen molar-refractivity contribution in [1.82, 2.24) is 15.3 Å². The first-order valence-electron chi connectivity index (χ1n) is 11.1. The van der Waals surface area contributed by atoms with Gasteiger partial charge in [-0.15, -0.1) is 0 Å². The van der Waals surface area contributed by atoms with Gasteiger partial charge in [0.15, 0.2) is 17.3 Å². The largest absolute Gasteiger partial charge is 0.454 e. The van der Waals surface area contributed by atoms with E-state index in [2.05, 4.69) is 20.2 Å². The molecule has 1 aromatic heterocycles. The van der Waals surface area contributed by atoms with Crippen molar-refractivity contribution in [2.75, 3.05) is 24.8 Å². The van der Waals surface area contributed by atoms with Crippen molar-refractivity contribution in [3.8, 4) is 23.1 Å². The summed E-state index contributed by atoms with van der Waals surface area (Å²) in [5.74, 6) is 3.16. The Morgan fingerprint density at radius 2 is 1.94 bits per heavy atom. The van der Waals surface area contributed by atoms with Crippen molar-refractivity contribution in [1.29, 1.82) is 0 Å². The number of anilines is 1. The van der Waals surface area contributed by atoms with E-state index >= 15 is 0 Å². The Bertz CT molecular complexity index is 1140. The lowest BCUT2D eigenvalue weighted by Gasteiger charge is -2.33. The van der Waals surface area contributed by atoms with Crippen LogP contribution in [0.3, 0.4) is 0 Å². The van der Waals surface area contributed by atoms with Crippen LogP contribution in [0.4, 0.5) is 5.82 Å². The van der Waals surface area contributed by atoms with Gasteiger partial charge in [-0.05, 0) is 49.6 Å². The Kier molecular flexibility index (Phi) is 5.97. The van der Waals surface area contributed by atoms with E-state index in [1.54, 1.807) is 12.4 Å². The molecule has 170 valence electrons. The molecule has 3 heterocycles. The maximum absolute atomic E-state index is 12.9. The molecule has 1 amide bonds. The summed E-state index contributed by atoms with van der Waals surface area (Å²) >= 11 is 0. The Morgan fingerprint density at radius 3 is 2.82 bits per heavy atom. The zero-order chi connectivity index (χ0) is 22.6. The summed E-state index contributed by atoms with van der Waals surface area (Å²) in [6, 6.07) is 13.5. The molecule has 1 saturated heterocycles. The minimum atomic E-state index is -0.137. The monoisotopic (exact) mass is 446 g/mol. The number of nitrogens with zero attached hydrogens (tertiary/aromatic N) is 3. The molecule has 3 aromatic rings. The van der Waals surface area contributed by atoms with Gasteiger partial charge in [0.1, 0.15) is 5.75 Å². The maximum Gasteiger partial charge on any atom is 0.263 e. The van der Waals surface area contributed by atoms with Gasteiger partial charge in [0.05, 0.1) is 5.92 Å². The molecule has 2 aliphatic rings. The molecule has 2 aliphatic heterocycles. The van der Waals surface area contributed by atoms with Gasteiger partial charge in [-0.1, -0.05) is 23.8 Å². The number of benzene rings is 2. The van der Waals surface area contributed by atoms with Gasteiger partial charge in [0.2, 0.25) is 12.7 Å². The van der Waals surface area contributed by atoms with Crippen molar-refractivity contribution in [2.45, 2.75) is 26.3 Å². The second kappa shape index (κ2) is 9.36. The summed E-state index contributed by atoms with van der Waals surface area (Å²) < 4.78 is 16.8. The van der Waals surface area contributed by atoms with Crippen LogP contribution < -0.4 is 24.4 Å². The smallest absolute Gasteiger partial charge is 0.263 e. The lowest BCUT2D eigenvalue weighted by atomic mass is 9.97. The lowest BCUT2D eigenvalue weighted by Crippen LogP contribution is -2.43. The molecule has 1 atom stereocenters. The highest BCUT2D eigenvalue weighted by Crippen LogP contribution is 2.33. The lowest BCUT2D eigenvalue weighted by molar-refractivity contribution is -0.125. The number of carbonyl (C=O) groups is 1. The first-order valence-corrected chi connectivity index (χ1v) is 11.1. The predicted molar refractivity (Wildman–Crippen MR) is 123 cm³/mol. The second-order valence-electron chi connectivity index (χ2n) is 8.29. The predicted octanol–water partition coefficient (Wildman–Crippen LogP) is 3.84. The molecule has 2 aromatic carbocycles. The number of ether oxygens (including phenoxy) is 3. The second-order valence-corrected chi connectivity index (χ2v) is 8.29. The SMILES string of the molecule is Cc1ccc(Oc2nccnc2N2CCC[C@@H](C(=O)NCc3ccc4c(c3)OCO4)C2)cc1. The third kappa shape index (κ3) is 4.84. The number of hydrogen-bond donors (Lipinski definition) is 1. The average molecular weight is 447 g/mol. The quantitative estimate of drug-likeness (QED) is 0.616. The fourth-order valence-corrected chi connectivity index (χ4v) is 4.09. The Morgan fingerprint density at radius 1 is 1.12 bits per heavy atom. The number of nitrogens with one attached hydrogen (secondary N) is 1. The molecule has 0 spiro atoms. The molecule has 33 heavy (non-hydrogen) atoms. The van der Waals surface area contributed by atoms with Gasteiger partial charge in [-0.2, -0.15) is 0 Å². The number of carbonyl (C=O) groups excluding carboxylic acids is 1. The van der Waals surface area contributed by atoms with Crippen LogP contribution in [0.2, 0.25) is 0 Å². The summed E-state index contributed by atoms with van der Waals surface area (Å²) in [5, 5.41) is 3.06. The highest BCUT2D eigenvalue weighted by Gasteiger charge is 2.28. The molecular formula is C25H26N4O4. The van der Waals surface area contributed by atoms with Crippen LogP contribution in [0.5, 0.6) is 23.1 Å². The third-order valence-corrected chi connectivity index (χ3v) is 5.88. The van der Waals surface area contributed by atoms with Crippen molar-refractivity contribution in [2.24, 2.45) is 5.92 Å². The van der Waals surface area contributed by atoms with Crippen LogP contribution in [0.15, 0.2) is 54.9 Å². The number of fused-ring (bicyclic) bond motifs is 1. The van der Waals surface area contributed by atoms with E-state index in [0.29, 0.717) is 36.3 Å². The van der Waals surface area contributed by atoms with E-state index in [0.717, 1.165) is 36.3 Å². The summed E-state index contributed by atoms with van der Waals surface area (Å²) in [6.45, 7) is 4.08. The number of hydrogen-bond acceptors (Lipinski definition) is 7. The highest BCUT2D eigenvalue weighted by atomic mass is 16.7. The average Bonchev–Trinajstić information content (AvgIpc) is 3.32. The topological polar surface area (TPSA) is 85.8 Å². The summed E-state index contributed by atoms with van der Waals surface area (Å²) in [5.41, 5.74) is 2.13. The zero-order valence-corrected chi connectivity index (χ0v) is 18.5. The first-order chi connectivity index (χ1) is 16.2. The van der Waals surface area contributed by atoms with E-state index in [4.69, 9.17) is 14.2 Å². The molecule has 5 rings (SSSR count). The first kappa shape index (κ1) is 21.1. The molecule has 0 bridgehead atoms. The maximum atomic E-state index is 12.9. The molecule has 0 unspecified atom stereocenters. The van der Waals surface area contributed by atoms with E-state index in [9.17, 15) is 4.79 Å². The Hall–Kier alpha value is -3.81. The molecule has 1 N–H and O–H groups in total. The minimum absolute atomic E-state index is 0.0299. The van der Waals surface area contributed by atoms with Crippen molar-refractivity contribution >= 4 is 11.7 Å². The van der Waals surface area contributed by atoms with Gasteiger partial charge < -0.3 is 24.4 Å². The van der Waals surface area contributed by atoms with Crippen molar-refractivity contribution < 1.29 is 19.0 Å². The number of rotatable bonds is 6.